The highest BCUT2D eigenvalue weighted by Gasteiger charge is 2.27. The molecule has 5 nitrogen and oxygen atoms in total. The van der Waals surface area contributed by atoms with Gasteiger partial charge < -0.3 is 14.8 Å². The zero-order valence-electron chi connectivity index (χ0n) is 12.0. The van der Waals surface area contributed by atoms with E-state index in [1.165, 1.54) is 0 Å². The van der Waals surface area contributed by atoms with Crippen LogP contribution in [0.25, 0.3) is 0 Å². The van der Waals surface area contributed by atoms with Gasteiger partial charge >= 0.3 is 0 Å². The van der Waals surface area contributed by atoms with Gasteiger partial charge in [0.05, 0.1) is 6.61 Å². The van der Waals surface area contributed by atoms with Crippen LogP contribution in [-0.4, -0.2) is 36.3 Å². The van der Waals surface area contributed by atoms with Crippen LogP contribution in [0.15, 0.2) is 6.07 Å². The Hall–Kier alpha value is -1.36. The second-order valence-electron chi connectivity index (χ2n) is 5.38. The zero-order chi connectivity index (χ0) is 13.7. The highest BCUT2D eigenvalue weighted by molar-refractivity contribution is 5.30. The lowest BCUT2D eigenvalue weighted by Crippen LogP contribution is -2.33. The van der Waals surface area contributed by atoms with Gasteiger partial charge in [0.2, 0.25) is 11.8 Å². The van der Waals surface area contributed by atoms with Crippen LogP contribution in [0.2, 0.25) is 0 Å². The van der Waals surface area contributed by atoms with Crippen molar-refractivity contribution in [3.05, 3.63) is 11.8 Å². The predicted octanol–water partition coefficient (Wildman–Crippen LogP) is 2.41. The smallest absolute Gasteiger partial charge is 0.226 e. The van der Waals surface area contributed by atoms with E-state index in [-0.39, 0.29) is 5.41 Å². The first kappa shape index (κ1) is 14.1. The van der Waals surface area contributed by atoms with Gasteiger partial charge in [-0.3, -0.25) is 0 Å². The van der Waals surface area contributed by atoms with Crippen molar-refractivity contribution in [2.24, 2.45) is 5.41 Å². The Kier molecular flexibility index (Phi) is 4.58. The van der Waals surface area contributed by atoms with Gasteiger partial charge in [-0.05, 0) is 32.1 Å². The zero-order valence-corrected chi connectivity index (χ0v) is 12.0. The number of aryl methyl sites for hydroxylation is 1. The van der Waals surface area contributed by atoms with Crippen molar-refractivity contribution < 1.29 is 9.47 Å². The third kappa shape index (κ3) is 4.06. The normalized spacial score (nSPS) is 18.1. The lowest BCUT2D eigenvalue weighted by Gasteiger charge is -2.33. The summed E-state index contributed by atoms with van der Waals surface area (Å²) in [5.41, 5.74) is 1.18. The average Bonchev–Trinajstić information content (AvgIpc) is 2.37. The van der Waals surface area contributed by atoms with Gasteiger partial charge in [-0.2, -0.15) is 4.98 Å². The Morgan fingerprint density at radius 3 is 2.79 bits per heavy atom. The second kappa shape index (κ2) is 6.19. The fourth-order valence-corrected chi connectivity index (χ4v) is 2.17. The van der Waals surface area contributed by atoms with Crippen LogP contribution in [0.4, 0.5) is 5.95 Å². The van der Waals surface area contributed by atoms with Crippen molar-refractivity contribution in [3.63, 3.8) is 0 Å². The molecule has 0 aliphatic carbocycles. The molecule has 19 heavy (non-hydrogen) atoms. The minimum atomic E-state index is 0.261. The monoisotopic (exact) mass is 265 g/mol. The van der Waals surface area contributed by atoms with E-state index >= 15 is 0 Å². The molecule has 1 saturated heterocycles. The molecular weight excluding hydrogens is 242 g/mol. The quantitative estimate of drug-likeness (QED) is 0.886. The molecule has 1 aliphatic rings. The van der Waals surface area contributed by atoms with Crippen molar-refractivity contribution in [1.29, 1.82) is 0 Å². The summed E-state index contributed by atoms with van der Waals surface area (Å²) in [6.07, 6.45) is 2.15. The van der Waals surface area contributed by atoms with Gasteiger partial charge in [-0.15, -0.1) is 0 Å². The number of ether oxygens (including phenoxy) is 2. The summed E-state index contributed by atoms with van der Waals surface area (Å²) in [5, 5.41) is 3.34. The van der Waals surface area contributed by atoms with Crippen LogP contribution < -0.4 is 10.1 Å². The van der Waals surface area contributed by atoms with E-state index in [0.717, 1.165) is 38.3 Å². The summed E-state index contributed by atoms with van der Waals surface area (Å²) in [6.45, 7) is 9.35. The Balaban J connectivity index is 1.98. The third-order valence-electron chi connectivity index (χ3n) is 3.50. The van der Waals surface area contributed by atoms with Crippen molar-refractivity contribution >= 4 is 5.95 Å². The molecule has 5 heteroatoms. The van der Waals surface area contributed by atoms with Gasteiger partial charge in [0, 0.05) is 31.5 Å². The van der Waals surface area contributed by atoms with E-state index in [2.05, 4.69) is 22.2 Å². The first-order valence-corrected chi connectivity index (χ1v) is 6.91. The number of rotatable bonds is 5. The minimum absolute atomic E-state index is 0.261. The van der Waals surface area contributed by atoms with Crippen LogP contribution >= 0.6 is 0 Å². The summed E-state index contributed by atoms with van der Waals surface area (Å²) in [7, 11) is 0. The molecule has 1 aromatic rings. The molecule has 0 spiro atoms. The predicted molar refractivity (Wildman–Crippen MR) is 74.6 cm³/mol. The van der Waals surface area contributed by atoms with Crippen molar-refractivity contribution in [2.45, 2.75) is 33.6 Å². The van der Waals surface area contributed by atoms with Crippen LogP contribution in [0.5, 0.6) is 5.88 Å². The number of nitrogens with one attached hydrogen (secondary N) is 1. The standard InChI is InChI=1S/C14H23N3O2/c1-4-19-12-9-11(2)16-13(17-12)15-10-14(3)5-7-18-8-6-14/h9H,4-8,10H2,1-3H3,(H,15,16,17). The van der Waals surface area contributed by atoms with Crippen LogP contribution in [-0.2, 0) is 4.74 Å². The maximum atomic E-state index is 5.43. The first-order chi connectivity index (χ1) is 9.11. The lowest BCUT2D eigenvalue weighted by molar-refractivity contribution is 0.0299. The molecule has 1 N–H and O–H groups in total. The highest BCUT2D eigenvalue weighted by Crippen LogP contribution is 2.29. The maximum absolute atomic E-state index is 5.43. The number of nitrogens with zero attached hydrogens (tertiary/aromatic N) is 2. The topological polar surface area (TPSA) is 56.3 Å². The molecule has 0 unspecified atom stereocenters. The largest absolute Gasteiger partial charge is 0.478 e. The molecule has 1 aliphatic heterocycles. The Bertz CT molecular complexity index is 417. The average molecular weight is 265 g/mol. The van der Waals surface area contributed by atoms with E-state index in [9.17, 15) is 0 Å². The van der Waals surface area contributed by atoms with E-state index in [4.69, 9.17) is 9.47 Å². The molecule has 0 saturated carbocycles. The van der Waals surface area contributed by atoms with Gasteiger partial charge in [-0.25, -0.2) is 4.98 Å². The summed E-state index contributed by atoms with van der Waals surface area (Å²) in [5.74, 6) is 1.28. The summed E-state index contributed by atoms with van der Waals surface area (Å²) < 4.78 is 10.8. The lowest BCUT2D eigenvalue weighted by atomic mass is 9.82. The van der Waals surface area contributed by atoms with Gasteiger partial charge in [-0.1, -0.05) is 6.92 Å². The van der Waals surface area contributed by atoms with E-state index < -0.39 is 0 Å². The molecule has 106 valence electrons. The number of anilines is 1. The van der Waals surface area contributed by atoms with E-state index in [1.54, 1.807) is 0 Å². The summed E-state index contributed by atoms with van der Waals surface area (Å²) >= 11 is 0. The maximum Gasteiger partial charge on any atom is 0.226 e. The van der Waals surface area contributed by atoms with Gasteiger partial charge in [0.25, 0.3) is 0 Å². The molecule has 0 bridgehead atoms. The molecule has 0 atom stereocenters. The Morgan fingerprint density at radius 2 is 2.11 bits per heavy atom. The molecule has 1 fully saturated rings. The molecule has 1 aromatic heterocycles. The first-order valence-electron chi connectivity index (χ1n) is 6.91. The molecule has 0 amide bonds. The molecule has 2 rings (SSSR count). The molecule has 2 heterocycles. The van der Waals surface area contributed by atoms with Crippen LogP contribution in [0, 0.1) is 12.3 Å². The highest BCUT2D eigenvalue weighted by atomic mass is 16.5. The molecule has 0 radical (unpaired) electrons. The molecule has 0 aromatic carbocycles. The molecular formula is C14H23N3O2. The van der Waals surface area contributed by atoms with Crippen molar-refractivity contribution in [2.75, 3.05) is 31.7 Å². The summed E-state index contributed by atoms with van der Waals surface area (Å²) in [6, 6.07) is 1.85. The van der Waals surface area contributed by atoms with E-state index in [1.807, 2.05) is 19.9 Å². The number of hydrogen-bond donors (Lipinski definition) is 1. The Morgan fingerprint density at radius 1 is 1.37 bits per heavy atom. The summed E-state index contributed by atoms with van der Waals surface area (Å²) in [4.78, 5) is 8.76. The third-order valence-corrected chi connectivity index (χ3v) is 3.50. The van der Waals surface area contributed by atoms with Crippen molar-refractivity contribution in [1.82, 2.24) is 9.97 Å². The minimum Gasteiger partial charge on any atom is -0.478 e. The second-order valence-corrected chi connectivity index (χ2v) is 5.38. The van der Waals surface area contributed by atoms with Crippen molar-refractivity contribution in [3.8, 4) is 5.88 Å². The fraction of sp³-hybridized carbons (Fsp3) is 0.714. The SMILES string of the molecule is CCOc1cc(C)nc(NCC2(C)CCOCC2)n1. The van der Waals surface area contributed by atoms with E-state index in [0.29, 0.717) is 18.4 Å². The number of hydrogen-bond acceptors (Lipinski definition) is 5. The van der Waals surface area contributed by atoms with Crippen LogP contribution in [0.1, 0.15) is 32.4 Å². The Labute approximate surface area is 114 Å². The van der Waals surface area contributed by atoms with Gasteiger partial charge in [0.15, 0.2) is 0 Å². The van der Waals surface area contributed by atoms with Gasteiger partial charge in [0.1, 0.15) is 0 Å². The fourth-order valence-electron chi connectivity index (χ4n) is 2.17. The number of aromatic nitrogens is 2. The van der Waals surface area contributed by atoms with Crippen LogP contribution in [0.3, 0.4) is 0 Å².